The molecule has 1 aliphatic rings. The lowest BCUT2D eigenvalue weighted by molar-refractivity contribution is -0.121. The van der Waals surface area contributed by atoms with Crippen molar-refractivity contribution in [2.45, 2.75) is 13.0 Å². The number of hydrogen-bond acceptors (Lipinski definition) is 6. The van der Waals surface area contributed by atoms with Crippen LogP contribution in [0.5, 0.6) is 0 Å². The molecule has 0 saturated heterocycles. The van der Waals surface area contributed by atoms with Crippen LogP contribution in [-0.4, -0.2) is 43.0 Å². The summed E-state index contributed by atoms with van der Waals surface area (Å²) in [4.78, 5) is 32.0. The van der Waals surface area contributed by atoms with Gasteiger partial charge in [0, 0.05) is 31.7 Å². The molecule has 1 N–H and O–H groups in total. The number of nitrogens with zero attached hydrogens (tertiary/aromatic N) is 5. The van der Waals surface area contributed by atoms with Crippen molar-refractivity contribution < 1.29 is 9.59 Å². The van der Waals surface area contributed by atoms with Gasteiger partial charge >= 0.3 is 0 Å². The lowest BCUT2D eigenvalue weighted by Gasteiger charge is -2.07. The number of pyridine rings is 1. The molecule has 0 bridgehead atoms. The van der Waals surface area contributed by atoms with Crippen LogP contribution in [0.4, 0.5) is 11.5 Å². The van der Waals surface area contributed by atoms with Gasteiger partial charge in [0.15, 0.2) is 17.4 Å². The predicted octanol–water partition coefficient (Wildman–Crippen LogP) is 1.81. The van der Waals surface area contributed by atoms with Crippen LogP contribution in [0, 0.1) is 0 Å². The van der Waals surface area contributed by atoms with E-state index in [-0.39, 0.29) is 23.7 Å². The monoisotopic (exact) mass is 348 g/mol. The fourth-order valence-corrected chi connectivity index (χ4v) is 2.73. The zero-order valence-electron chi connectivity index (χ0n) is 13.9. The van der Waals surface area contributed by atoms with E-state index in [9.17, 15) is 9.59 Å². The van der Waals surface area contributed by atoms with Gasteiger partial charge < -0.3 is 9.88 Å². The number of carbonyl (C=O) groups excluding carboxylic acids is 2. The van der Waals surface area contributed by atoms with E-state index in [1.807, 2.05) is 35.2 Å². The number of nitrogens with one attached hydrogen (secondary N) is 1. The zero-order chi connectivity index (χ0) is 17.9. The minimum Gasteiger partial charge on any atom is -0.365 e. The highest BCUT2D eigenvalue weighted by molar-refractivity contribution is 6.50. The maximum atomic E-state index is 12.1. The minimum atomic E-state index is -0.280. The van der Waals surface area contributed by atoms with Crippen molar-refractivity contribution in [2.24, 2.45) is 4.99 Å². The van der Waals surface area contributed by atoms with Crippen molar-refractivity contribution in [2.75, 3.05) is 11.9 Å². The molecule has 8 nitrogen and oxygen atoms in total. The zero-order valence-corrected chi connectivity index (χ0v) is 13.9. The first kappa shape index (κ1) is 15.9. The number of fused-ring (bicyclic) bond motifs is 1. The Morgan fingerprint density at radius 3 is 2.92 bits per heavy atom. The summed E-state index contributed by atoms with van der Waals surface area (Å²) >= 11 is 0. The van der Waals surface area contributed by atoms with Crippen LogP contribution in [0.1, 0.15) is 6.42 Å². The molecule has 130 valence electrons. The molecule has 26 heavy (non-hydrogen) atoms. The van der Waals surface area contributed by atoms with Gasteiger partial charge in [0.05, 0.1) is 18.3 Å². The standard InChI is InChI=1S/C18H16N6O2/c25-13-4-5-14(16(26)11-13)21-17-15-3-1-2-8-24(15)22-18(17)20-7-10-23-9-6-19-12-23/h1-6,8-9,12H,7,10-11H2,(H,20,22). The Morgan fingerprint density at radius 1 is 1.19 bits per heavy atom. The molecule has 3 aromatic rings. The van der Waals surface area contributed by atoms with Crippen LogP contribution in [-0.2, 0) is 16.1 Å². The topological polar surface area (TPSA) is 93.7 Å². The lowest BCUT2D eigenvalue weighted by atomic mass is 10.0. The fourth-order valence-electron chi connectivity index (χ4n) is 2.73. The van der Waals surface area contributed by atoms with Crippen LogP contribution >= 0.6 is 0 Å². The molecule has 0 fully saturated rings. The maximum Gasteiger partial charge on any atom is 0.188 e. The summed E-state index contributed by atoms with van der Waals surface area (Å²) in [5.74, 6) is 0.103. The van der Waals surface area contributed by atoms with Crippen molar-refractivity contribution in [1.82, 2.24) is 19.2 Å². The second kappa shape index (κ2) is 6.75. The van der Waals surface area contributed by atoms with Crippen LogP contribution in [0.15, 0.2) is 60.3 Å². The van der Waals surface area contributed by atoms with Gasteiger partial charge in [-0.3, -0.25) is 9.59 Å². The fraction of sp³-hybridized carbons (Fsp3) is 0.167. The van der Waals surface area contributed by atoms with Gasteiger partial charge in [0.25, 0.3) is 0 Å². The van der Waals surface area contributed by atoms with E-state index in [1.54, 1.807) is 17.0 Å². The van der Waals surface area contributed by atoms with E-state index in [1.165, 1.54) is 12.2 Å². The molecule has 3 aromatic heterocycles. The van der Waals surface area contributed by atoms with E-state index in [2.05, 4.69) is 20.4 Å². The Morgan fingerprint density at radius 2 is 2.12 bits per heavy atom. The number of imidazole rings is 1. The van der Waals surface area contributed by atoms with E-state index < -0.39 is 0 Å². The van der Waals surface area contributed by atoms with Gasteiger partial charge in [0.1, 0.15) is 11.4 Å². The van der Waals surface area contributed by atoms with Crippen molar-refractivity contribution in [3.63, 3.8) is 0 Å². The SMILES string of the molecule is O=C1C=CC(=Nc2c(NCCn3ccnc3)nn3ccccc23)C(=O)C1. The van der Waals surface area contributed by atoms with Gasteiger partial charge in [0.2, 0.25) is 0 Å². The molecule has 0 aliphatic heterocycles. The molecule has 8 heteroatoms. The molecule has 0 aromatic carbocycles. The van der Waals surface area contributed by atoms with Crippen molar-refractivity contribution in [3.8, 4) is 0 Å². The van der Waals surface area contributed by atoms with Crippen LogP contribution in [0.25, 0.3) is 5.52 Å². The molecule has 0 unspecified atom stereocenters. The highest BCUT2D eigenvalue weighted by atomic mass is 16.1. The molecule has 3 heterocycles. The average molecular weight is 348 g/mol. The molecule has 1 aliphatic carbocycles. The third kappa shape index (κ3) is 3.16. The molecule has 0 atom stereocenters. The Hall–Kier alpha value is -3.55. The summed E-state index contributed by atoms with van der Waals surface area (Å²) in [6.45, 7) is 1.34. The van der Waals surface area contributed by atoms with Crippen LogP contribution < -0.4 is 5.32 Å². The summed E-state index contributed by atoms with van der Waals surface area (Å²) in [6.07, 6.45) is 9.89. The van der Waals surface area contributed by atoms with E-state index in [0.717, 1.165) is 12.1 Å². The minimum absolute atomic E-state index is 0.141. The van der Waals surface area contributed by atoms with Gasteiger partial charge in [-0.15, -0.1) is 5.10 Å². The molecule has 4 rings (SSSR count). The molecule has 0 amide bonds. The second-order valence-electron chi connectivity index (χ2n) is 5.85. The lowest BCUT2D eigenvalue weighted by Crippen LogP contribution is -2.19. The Kier molecular flexibility index (Phi) is 4.14. The van der Waals surface area contributed by atoms with Gasteiger partial charge in [-0.2, -0.15) is 0 Å². The Balaban J connectivity index is 1.66. The Bertz CT molecular complexity index is 1030. The smallest absolute Gasteiger partial charge is 0.188 e. The third-order valence-electron chi connectivity index (χ3n) is 4.02. The Labute approximate surface area is 148 Å². The first-order valence-electron chi connectivity index (χ1n) is 8.20. The summed E-state index contributed by atoms with van der Waals surface area (Å²) in [5.41, 5.74) is 1.63. The van der Waals surface area contributed by atoms with Gasteiger partial charge in [-0.05, 0) is 24.3 Å². The molecule has 0 radical (unpaired) electrons. The quantitative estimate of drug-likeness (QED) is 0.710. The molecule has 0 spiro atoms. The normalized spacial score (nSPS) is 15.9. The average Bonchev–Trinajstić information content (AvgIpc) is 3.26. The van der Waals surface area contributed by atoms with Crippen LogP contribution in [0.2, 0.25) is 0 Å². The first-order valence-corrected chi connectivity index (χ1v) is 8.20. The largest absolute Gasteiger partial charge is 0.365 e. The number of allylic oxidation sites excluding steroid dienone is 2. The highest BCUT2D eigenvalue weighted by Crippen LogP contribution is 2.30. The highest BCUT2D eigenvalue weighted by Gasteiger charge is 2.20. The summed E-state index contributed by atoms with van der Waals surface area (Å²) in [7, 11) is 0. The number of anilines is 1. The maximum absolute atomic E-state index is 12.1. The number of carbonyl (C=O) groups is 2. The van der Waals surface area contributed by atoms with E-state index in [0.29, 0.717) is 18.1 Å². The number of ketones is 2. The molecule has 0 saturated carbocycles. The van der Waals surface area contributed by atoms with Gasteiger partial charge in [-0.1, -0.05) is 6.07 Å². The van der Waals surface area contributed by atoms with Gasteiger partial charge in [-0.25, -0.2) is 14.5 Å². The summed E-state index contributed by atoms with van der Waals surface area (Å²) < 4.78 is 3.66. The van der Waals surface area contributed by atoms with Crippen molar-refractivity contribution in [1.29, 1.82) is 0 Å². The first-order chi connectivity index (χ1) is 12.7. The number of Topliss-reactive ketones (excluding diaryl/α,β-unsaturated/α-hetero) is 1. The third-order valence-corrected chi connectivity index (χ3v) is 4.02. The number of hydrogen-bond donors (Lipinski definition) is 1. The van der Waals surface area contributed by atoms with Crippen LogP contribution in [0.3, 0.4) is 0 Å². The molecular weight excluding hydrogens is 332 g/mol. The number of rotatable bonds is 5. The van der Waals surface area contributed by atoms with E-state index >= 15 is 0 Å². The summed E-state index contributed by atoms with van der Waals surface area (Å²) in [6, 6.07) is 5.64. The number of aromatic nitrogens is 4. The summed E-state index contributed by atoms with van der Waals surface area (Å²) in [5, 5.41) is 7.77. The van der Waals surface area contributed by atoms with Crippen molar-refractivity contribution in [3.05, 3.63) is 55.3 Å². The van der Waals surface area contributed by atoms with Crippen molar-refractivity contribution >= 4 is 34.3 Å². The predicted molar refractivity (Wildman–Crippen MR) is 96.8 cm³/mol. The number of aliphatic imine (C=N–C) groups is 1. The van der Waals surface area contributed by atoms with E-state index in [4.69, 9.17) is 0 Å². The molecular formula is C18H16N6O2. The second-order valence-corrected chi connectivity index (χ2v) is 5.85.